The second-order valence-electron chi connectivity index (χ2n) is 2.82. The molecule has 0 N–H and O–H groups in total. The first-order chi connectivity index (χ1) is 6.94. The summed E-state index contributed by atoms with van der Waals surface area (Å²) in [6.45, 7) is 5.47. The molecular formula is C9H11ClO3S2. The number of hydrogen-bond acceptors (Lipinski definition) is 4. The van der Waals surface area contributed by atoms with Crippen LogP contribution in [0.15, 0.2) is 18.7 Å². The molecule has 15 heavy (non-hydrogen) atoms. The first kappa shape index (κ1) is 12.7. The molecule has 0 aromatic carbocycles. The molecule has 0 bridgehead atoms. The molecule has 0 saturated heterocycles. The third-order valence-corrected chi connectivity index (χ3v) is 4.20. The third kappa shape index (κ3) is 3.95. The minimum absolute atomic E-state index is 0.140. The molecule has 0 aliphatic rings. The van der Waals surface area contributed by atoms with Crippen LogP contribution in [0, 0.1) is 0 Å². The van der Waals surface area contributed by atoms with Crippen LogP contribution in [0.1, 0.15) is 11.8 Å². The molecule has 0 aliphatic heterocycles. The van der Waals surface area contributed by atoms with Crippen LogP contribution < -0.4 is 0 Å². The Morgan fingerprint density at radius 2 is 2.27 bits per heavy atom. The third-order valence-electron chi connectivity index (χ3n) is 1.57. The second-order valence-corrected chi connectivity index (χ2v) is 6.17. The zero-order valence-corrected chi connectivity index (χ0v) is 10.6. The van der Waals surface area contributed by atoms with Gasteiger partial charge < -0.3 is 0 Å². The van der Waals surface area contributed by atoms with Crippen LogP contribution >= 0.6 is 22.9 Å². The molecule has 0 radical (unpaired) electrons. The summed E-state index contributed by atoms with van der Waals surface area (Å²) >= 11 is 7.03. The smallest absolute Gasteiger partial charge is 0.270 e. The van der Waals surface area contributed by atoms with Crippen LogP contribution in [0.3, 0.4) is 0 Å². The van der Waals surface area contributed by atoms with Gasteiger partial charge in [0.15, 0.2) is 0 Å². The zero-order chi connectivity index (χ0) is 11.5. The lowest BCUT2D eigenvalue weighted by Crippen LogP contribution is -2.10. The van der Waals surface area contributed by atoms with E-state index in [0.29, 0.717) is 9.91 Å². The van der Waals surface area contributed by atoms with E-state index in [2.05, 4.69) is 10.8 Å². The van der Waals surface area contributed by atoms with Crippen molar-refractivity contribution in [2.45, 2.75) is 6.92 Å². The first-order valence-electron chi connectivity index (χ1n) is 4.25. The molecule has 0 aliphatic carbocycles. The molecule has 6 heteroatoms. The standard InChI is InChI=1S/C9H11ClO3S2/c1-3-13-15(11,12)6-7(2)8-4-5-9(10)14-8/h4-5H,2-3,6H2,1H3. The summed E-state index contributed by atoms with van der Waals surface area (Å²) in [5, 5.41) is 0. The van der Waals surface area contributed by atoms with Gasteiger partial charge in [-0.25, -0.2) is 0 Å². The van der Waals surface area contributed by atoms with E-state index in [1.165, 1.54) is 11.3 Å². The van der Waals surface area contributed by atoms with Crippen LogP contribution in [-0.2, 0) is 14.3 Å². The van der Waals surface area contributed by atoms with E-state index in [4.69, 9.17) is 11.6 Å². The average molecular weight is 267 g/mol. The summed E-state index contributed by atoms with van der Waals surface area (Å²) in [7, 11) is -3.51. The van der Waals surface area contributed by atoms with Crippen molar-refractivity contribution in [2.75, 3.05) is 12.4 Å². The monoisotopic (exact) mass is 266 g/mol. The Hall–Kier alpha value is -0.360. The van der Waals surface area contributed by atoms with Crippen molar-refractivity contribution >= 4 is 38.6 Å². The fourth-order valence-corrected chi connectivity index (χ4v) is 3.14. The largest absolute Gasteiger partial charge is 0.271 e. The average Bonchev–Trinajstić information content (AvgIpc) is 2.50. The van der Waals surface area contributed by atoms with Gasteiger partial charge in [-0.05, 0) is 24.6 Å². The van der Waals surface area contributed by atoms with Gasteiger partial charge in [-0.1, -0.05) is 18.2 Å². The van der Waals surface area contributed by atoms with Crippen molar-refractivity contribution in [1.29, 1.82) is 0 Å². The molecule has 0 fully saturated rings. The highest BCUT2D eigenvalue weighted by Crippen LogP contribution is 2.27. The van der Waals surface area contributed by atoms with Crippen LogP contribution in [0.4, 0.5) is 0 Å². The van der Waals surface area contributed by atoms with E-state index in [1.54, 1.807) is 19.1 Å². The molecule has 1 heterocycles. The van der Waals surface area contributed by atoms with Crippen molar-refractivity contribution in [3.05, 3.63) is 27.9 Å². The van der Waals surface area contributed by atoms with Crippen LogP contribution in [0.5, 0.6) is 0 Å². The minimum Gasteiger partial charge on any atom is -0.270 e. The van der Waals surface area contributed by atoms with E-state index in [-0.39, 0.29) is 12.4 Å². The zero-order valence-electron chi connectivity index (χ0n) is 8.20. The van der Waals surface area contributed by atoms with Gasteiger partial charge in [0.1, 0.15) is 5.75 Å². The van der Waals surface area contributed by atoms with E-state index in [0.717, 1.165) is 4.88 Å². The Bertz CT molecular complexity index is 448. The van der Waals surface area contributed by atoms with Gasteiger partial charge in [0, 0.05) is 4.88 Å². The molecule has 1 rings (SSSR count). The van der Waals surface area contributed by atoms with Crippen LogP contribution in [0.2, 0.25) is 4.34 Å². The molecular weight excluding hydrogens is 256 g/mol. The number of rotatable bonds is 5. The number of halogens is 1. The Morgan fingerprint density at radius 1 is 1.60 bits per heavy atom. The maximum atomic E-state index is 11.3. The van der Waals surface area contributed by atoms with Gasteiger partial charge in [-0.3, -0.25) is 4.18 Å². The summed E-state index contributed by atoms with van der Waals surface area (Å²) in [4.78, 5) is 0.767. The molecule has 3 nitrogen and oxygen atoms in total. The maximum absolute atomic E-state index is 11.3. The van der Waals surface area contributed by atoms with E-state index in [9.17, 15) is 8.42 Å². The maximum Gasteiger partial charge on any atom is 0.271 e. The highest BCUT2D eigenvalue weighted by Gasteiger charge is 2.14. The molecule has 0 saturated carbocycles. The minimum atomic E-state index is -3.51. The normalized spacial score (nSPS) is 11.6. The van der Waals surface area contributed by atoms with E-state index in [1.807, 2.05) is 0 Å². The summed E-state index contributed by atoms with van der Waals surface area (Å²) in [5.74, 6) is -0.197. The van der Waals surface area contributed by atoms with Gasteiger partial charge in [-0.15, -0.1) is 11.3 Å². The summed E-state index contributed by atoms with van der Waals surface area (Å²) in [5.41, 5.74) is 0.500. The van der Waals surface area contributed by atoms with Gasteiger partial charge >= 0.3 is 0 Å². The Kier molecular flexibility index (Phi) is 4.33. The topological polar surface area (TPSA) is 43.4 Å². The lowest BCUT2D eigenvalue weighted by atomic mass is 10.3. The molecule has 1 aromatic heterocycles. The molecule has 84 valence electrons. The Morgan fingerprint density at radius 3 is 2.73 bits per heavy atom. The molecule has 0 unspecified atom stereocenters. The highest BCUT2D eigenvalue weighted by atomic mass is 35.5. The number of thiophene rings is 1. The van der Waals surface area contributed by atoms with Crippen molar-refractivity contribution in [3.63, 3.8) is 0 Å². The molecule has 0 atom stereocenters. The highest BCUT2D eigenvalue weighted by molar-refractivity contribution is 7.87. The predicted octanol–water partition coefficient (Wildman–Crippen LogP) is 2.78. The van der Waals surface area contributed by atoms with Gasteiger partial charge in [0.25, 0.3) is 10.1 Å². The lowest BCUT2D eigenvalue weighted by Gasteiger charge is -2.04. The van der Waals surface area contributed by atoms with Crippen LogP contribution in [0.25, 0.3) is 5.57 Å². The second kappa shape index (κ2) is 5.12. The van der Waals surface area contributed by atoms with Crippen molar-refractivity contribution in [2.24, 2.45) is 0 Å². The van der Waals surface area contributed by atoms with Crippen LogP contribution in [-0.4, -0.2) is 20.8 Å². The number of hydrogen-bond donors (Lipinski definition) is 0. The fraction of sp³-hybridized carbons (Fsp3) is 0.333. The predicted molar refractivity (Wildman–Crippen MR) is 63.8 cm³/mol. The summed E-state index contributed by atoms with van der Waals surface area (Å²) in [6, 6.07) is 3.46. The molecule has 1 aromatic rings. The van der Waals surface area contributed by atoms with Gasteiger partial charge in [0.2, 0.25) is 0 Å². The first-order valence-corrected chi connectivity index (χ1v) is 7.02. The van der Waals surface area contributed by atoms with Gasteiger partial charge in [0.05, 0.1) is 10.9 Å². The SMILES string of the molecule is C=C(CS(=O)(=O)OCC)c1ccc(Cl)s1. The van der Waals surface area contributed by atoms with Crippen molar-refractivity contribution < 1.29 is 12.6 Å². The molecule has 0 amide bonds. The lowest BCUT2D eigenvalue weighted by molar-refractivity contribution is 0.340. The van der Waals surface area contributed by atoms with Crippen molar-refractivity contribution in [3.8, 4) is 0 Å². The molecule has 0 spiro atoms. The van der Waals surface area contributed by atoms with E-state index < -0.39 is 10.1 Å². The quantitative estimate of drug-likeness (QED) is 0.770. The van der Waals surface area contributed by atoms with E-state index >= 15 is 0 Å². The van der Waals surface area contributed by atoms with Crippen molar-refractivity contribution in [1.82, 2.24) is 0 Å². The Balaban J connectivity index is 2.72. The fourth-order valence-electron chi connectivity index (χ4n) is 1.01. The summed E-state index contributed by atoms with van der Waals surface area (Å²) < 4.78 is 27.8. The summed E-state index contributed by atoms with van der Waals surface area (Å²) in [6.07, 6.45) is 0. The van der Waals surface area contributed by atoms with Gasteiger partial charge in [-0.2, -0.15) is 8.42 Å². The Labute approximate surface area is 98.5 Å².